The Bertz CT molecular complexity index is 3820. The average molecular weight is 889 g/mol. The van der Waals surface area contributed by atoms with E-state index in [1.165, 1.54) is 5.56 Å². The van der Waals surface area contributed by atoms with Gasteiger partial charge in [-0.25, -0.2) is 4.98 Å². The second kappa shape index (κ2) is 15.8. The molecule has 14 rings (SSSR count). The van der Waals surface area contributed by atoms with E-state index in [1.807, 2.05) is 65.4 Å². The molecule has 6 heterocycles. The Morgan fingerprint density at radius 3 is 1.88 bits per heavy atom. The molecule has 2 aromatic heterocycles. The van der Waals surface area contributed by atoms with Crippen LogP contribution in [-0.2, 0) is 10.8 Å². The van der Waals surface area contributed by atoms with Gasteiger partial charge in [0.1, 0.15) is 35.5 Å². The first-order valence-corrected chi connectivity index (χ1v) is 23.2. The molecule has 0 spiro atoms. The van der Waals surface area contributed by atoms with Crippen molar-refractivity contribution in [1.29, 1.82) is 0 Å². The van der Waals surface area contributed by atoms with Gasteiger partial charge < -0.3 is 19.3 Å². The summed E-state index contributed by atoms with van der Waals surface area (Å²) in [7, 11) is 0. The quantitative estimate of drug-likeness (QED) is 0.164. The molecule has 0 atom stereocenters. The van der Waals surface area contributed by atoms with Crippen molar-refractivity contribution in [3.05, 3.63) is 205 Å². The maximum Gasteiger partial charge on any atom is 0.137 e. The van der Waals surface area contributed by atoms with Gasteiger partial charge in [-0.15, -0.1) is 0 Å². The van der Waals surface area contributed by atoms with Crippen LogP contribution in [0.5, 0.6) is 23.0 Å². The Morgan fingerprint density at radius 2 is 1.13 bits per heavy atom. The van der Waals surface area contributed by atoms with Gasteiger partial charge in [0.05, 0.1) is 33.6 Å². The van der Waals surface area contributed by atoms with Crippen molar-refractivity contribution in [3.63, 3.8) is 0 Å². The second-order valence-electron chi connectivity index (χ2n) is 19.9. The number of nitrogens with zero attached hydrogens (tertiary/aromatic N) is 4. The maximum atomic E-state index is 9.28. The number of hydrogen-bond acceptors (Lipinski definition) is 5. The average Bonchev–Trinajstić information content (AvgIpc) is 3.93. The lowest BCUT2D eigenvalue weighted by atomic mass is 9.82. The van der Waals surface area contributed by atoms with Crippen LogP contribution in [0.1, 0.15) is 58.2 Å². The third kappa shape index (κ3) is 7.15. The molecule has 0 fully saturated rings. The van der Waals surface area contributed by atoms with Gasteiger partial charge in [0.2, 0.25) is 0 Å². The van der Waals surface area contributed by atoms with Gasteiger partial charge in [0.25, 0.3) is 0 Å². The van der Waals surface area contributed by atoms with Crippen LogP contribution in [0.25, 0.3) is 61.0 Å². The maximum absolute atomic E-state index is 9.28. The molecule has 0 saturated carbocycles. The zero-order valence-corrected chi connectivity index (χ0v) is 39.0. The molecular formula is C62H52N4O2. The Balaban J connectivity index is 1.11. The van der Waals surface area contributed by atoms with Crippen LogP contribution in [0, 0.1) is 0 Å². The molecule has 10 aromatic rings. The van der Waals surface area contributed by atoms with Gasteiger partial charge in [-0.3, -0.25) is 4.57 Å². The van der Waals surface area contributed by atoms with Crippen molar-refractivity contribution >= 4 is 44.6 Å². The number of fused-ring (bicyclic) bond motifs is 5. The van der Waals surface area contributed by atoms with E-state index in [-0.39, 0.29) is 35.0 Å². The van der Waals surface area contributed by atoms with Gasteiger partial charge >= 0.3 is 0 Å². The molecule has 6 heteroatoms. The molecular weight excluding hydrogens is 833 g/mol. The first-order chi connectivity index (χ1) is 34.6. The fraction of sp³-hybridized carbons (Fsp3) is 0.145. The minimum absolute atomic E-state index is 0.108. The summed E-state index contributed by atoms with van der Waals surface area (Å²) in [6.07, 6.45) is 1.87. The van der Waals surface area contributed by atoms with Crippen LogP contribution >= 0.6 is 0 Å². The number of pyridine rings is 1. The number of para-hydroxylation sites is 3. The molecule has 0 N–H and O–H groups in total. The van der Waals surface area contributed by atoms with Crippen LogP contribution in [0.3, 0.4) is 0 Å². The standard InChI is InChI=1S/C62H52N4O2/c1-61(2,3)43-33-51(40-16-8-7-9-17-40)60-52(34-43)41-26-28-45(29-27-41)67-46-20-14-18-42(32-46)53-38-63-59(37-54(53)62(4,5)6)66-55-23-11-10-22-49(55)50-31-30-48(36-58(50)66)68-47-21-15-19-44(35-47)64-39-65(60)57-25-13-12-24-56(57)64/h7-38H,39H2,1-6H3/i10D,11D,22D,23D. The Kier molecular flexibility index (Phi) is 8.60. The van der Waals surface area contributed by atoms with E-state index in [1.54, 1.807) is 0 Å². The largest absolute Gasteiger partial charge is 0.457 e. The third-order valence-electron chi connectivity index (χ3n) is 13.3. The van der Waals surface area contributed by atoms with E-state index in [2.05, 4.69) is 161 Å². The van der Waals surface area contributed by atoms with E-state index in [4.69, 9.17) is 18.6 Å². The Labute approximate surface area is 403 Å². The lowest BCUT2D eigenvalue weighted by Crippen LogP contribution is -2.25. The number of benzene rings is 8. The third-order valence-corrected chi connectivity index (χ3v) is 13.3. The molecule has 0 aliphatic carbocycles. The summed E-state index contributed by atoms with van der Waals surface area (Å²) in [5, 5.41) is 1.08. The summed E-state index contributed by atoms with van der Waals surface area (Å²) in [5.41, 5.74) is 13.2. The SMILES string of the molecule is [2H]c1c([2H])c([2H])c2c(c1[2H])c1ccc3cc1n2-c1cc(C(C)(C)C)c(cn1)-c1cccc(c1)Oc1ccc(cc1)-c1cc(C(C)(C)C)cc(-c2ccccc2)c1N1CN(c2cccc(c2)O3)c2ccccc21. The molecule has 0 amide bonds. The topological polar surface area (TPSA) is 42.8 Å². The van der Waals surface area contributed by atoms with E-state index in [0.29, 0.717) is 57.3 Å². The van der Waals surface area contributed by atoms with E-state index in [0.717, 1.165) is 61.7 Å². The van der Waals surface area contributed by atoms with Crippen molar-refractivity contribution in [2.45, 2.75) is 52.4 Å². The molecule has 12 bridgehead atoms. The van der Waals surface area contributed by atoms with Crippen molar-refractivity contribution in [1.82, 2.24) is 9.55 Å². The van der Waals surface area contributed by atoms with Crippen molar-refractivity contribution in [2.75, 3.05) is 16.5 Å². The number of ether oxygens (including phenoxy) is 2. The van der Waals surface area contributed by atoms with Crippen molar-refractivity contribution in [2.24, 2.45) is 0 Å². The van der Waals surface area contributed by atoms with Gasteiger partial charge in [0, 0.05) is 51.5 Å². The fourth-order valence-corrected chi connectivity index (χ4v) is 9.87. The molecule has 6 nitrogen and oxygen atoms in total. The highest BCUT2D eigenvalue weighted by Gasteiger charge is 2.33. The highest BCUT2D eigenvalue weighted by Crippen LogP contribution is 2.52. The number of hydrogen-bond donors (Lipinski definition) is 0. The summed E-state index contributed by atoms with van der Waals surface area (Å²) >= 11 is 0. The lowest BCUT2D eigenvalue weighted by molar-refractivity contribution is 0.483. The normalized spacial score (nSPS) is 14.1. The predicted molar refractivity (Wildman–Crippen MR) is 281 cm³/mol. The van der Waals surface area contributed by atoms with Crippen LogP contribution in [0.2, 0.25) is 0 Å². The second-order valence-corrected chi connectivity index (χ2v) is 19.9. The minimum Gasteiger partial charge on any atom is -0.457 e. The lowest BCUT2D eigenvalue weighted by Gasteiger charge is -2.30. The van der Waals surface area contributed by atoms with Gasteiger partial charge in [-0.2, -0.15) is 0 Å². The zero-order chi connectivity index (χ0) is 49.8. The first kappa shape index (κ1) is 37.1. The molecule has 0 saturated heterocycles. The van der Waals surface area contributed by atoms with Gasteiger partial charge in [-0.05, 0) is 124 Å². The number of rotatable bonds is 1. The first-order valence-electron chi connectivity index (χ1n) is 25.2. The molecule has 8 aromatic carbocycles. The van der Waals surface area contributed by atoms with E-state index >= 15 is 0 Å². The van der Waals surface area contributed by atoms with E-state index < -0.39 is 0 Å². The Morgan fingerprint density at radius 1 is 0.500 bits per heavy atom. The molecule has 4 aliphatic rings. The van der Waals surface area contributed by atoms with Crippen molar-refractivity contribution < 1.29 is 15.0 Å². The monoisotopic (exact) mass is 888 g/mol. The van der Waals surface area contributed by atoms with E-state index in [9.17, 15) is 1.37 Å². The summed E-state index contributed by atoms with van der Waals surface area (Å²) in [5.74, 6) is 3.08. The highest BCUT2D eigenvalue weighted by atomic mass is 16.5. The number of anilines is 4. The van der Waals surface area contributed by atoms with Gasteiger partial charge in [-0.1, -0.05) is 132 Å². The van der Waals surface area contributed by atoms with Crippen LogP contribution < -0.4 is 19.3 Å². The summed E-state index contributed by atoms with van der Waals surface area (Å²) in [4.78, 5) is 9.87. The van der Waals surface area contributed by atoms with Crippen LogP contribution in [0.4, 0.5) is 22.7 Å². The fourth-order valence-electron chi connectivity index (χ4n) is 9.87. The molecule has 332 valence electrons. The summed E-state index contributed by atoms with van der Waals surface area (Å²) < 4.78 is 51.2. The zero-order valence-electron chi connectivity index (χ0n) is 43.0. The minimum atomic E-state index is -0.364. The molecule has 68 heavy (non-hydrogen) atoms. The molecule has 0 unspecified atom stereocenters. The smallest absolute Gasteiger partial charge is 0.137 e. The van der Waals surface area contributed by atoms with Gasteiger partial charge in [0.15, 0.2) is 0 Å². The molecule has 4 aliphatic heterocycles. The van der Waals surface area contributed by atoms with Crippen LogP contribution in [-0.4, -0.2) is 16.2 Å². The highest BCUT2D eigenvalue weighted by molar-refractivity contribution is 6.09. The summed E-state index contributed by atoms with van der Waals surface area (Å²) in [6.45, 7) is 13.8. The predicted octanol–water partition coefficient (Wildman–Crippen LogP) is 16.9. The molecule has 0 radical (unpaired) electrons. The summed E-state index contributed by atoms with van der Waals surface area (Å²) in [6, 6.07) is 55.5. The number of aromatic nitrogens is 2. The van der Waals surface area contributed by atoms with Crippen LogP contribution in [0.15, 0.2) is 194 Å². The Hall–Kier alpha value is -8.09. The van der Waals surface area contributed by atoms with Crippen molar-refractivity contribution in [3.8, 4) is 62.2 Å².